The fraction of sp³-hybridized carbons (Fsp3) is 0.538. The minimum absolute atomic E-state index is 0.0104. The number of aromatic nitrogens is 1. The maximum Gasteiger partial charge on any atom is 0.147 e. The van der Waals surface area contributed by atoms with Crippen LogP contribution in [0.15, 0.2) is 12.3 Å². The first-order valence-corrected chi connectivity index (χ1v) is 6.59. The van der Waals surface area contributed by atoms with Crippen molar-refractivity contribution >= 4 is 17.4 Å². The summed E-state index contributed by atoms with van der Waals surface area (Å²) in [5.74, 6) is 0.809. The van der Waals surface area contributed by atoms with Gasteiger partial charge in [0.25, 0.3) is 0 Å². The number of hydrogen-bond donors (Lipinski definition) is 2. The molecule has 0 amide bonds. The van der Waals surface area contributed by atoms with Gasteiger partial charge in [-0.15, -0.1) is 0 Å². The molecule has 1 aliphatic rings. The number of rotatable bonds is 4. The van der Waals surface area contributed by atoms with E-state index >= 15 is 0 Å². The van der Waals surface area contributed by atoms with E-state index in [0.29, 0.717) is 22.9 Å². The normalized spacial score (nSPS) is 18.9. The Morgan fingerprint density at radius 1 is 1.53 bits per heavy atom. The number of nitriles is 1. The largest absolute Gasteiger partial charge is 0.396 e. The smallest absolute Gasteiger partial charge is 0.147 e. The van der Waals surface area contributed by atoms with Gasteiger partial charge in [-0.05, 0) is 18.4 Å². The summed E-state index contributed by atoms with van der Waals surface area (Å²) in [7, 11) is 0. The second kappa shape index (κ2) is 6.20. The van der Waals surface area contributed by atoms with E-state index in [9.17, 15) is 10.2 Å². The molecule has 1 unspecified atom stereocenters. The van der Waals surface area contributed by atoms with E-state index in [-0.39, 0.29) is 25.0 Å². The molecule has 0 spiro atoms. The molecule has 1 aliphatic heterocycles. The molecule has 6 heteroatoms. The molecule has 0 aromatic carbocycles. The number of aliphatic hydroxyl groups excluding tert-OH is 2. The van der Waals surface area contributed by atoms with Crippen LogP contribution in [0, 0.1) is 23.2 Å². The maximum atomic E-state index is 9.21. The van der Waals surface area contributed by atoms with E-state index in [0.717, 1.165) is 13.0 Å². The summed E-state index contributed by atoms with van der Waals surface area (Å²) in [6.45, 7) is 1.48. The van der Waals surface area contributed by atoms with Gasteiger partial charge in [0.15, 0.2) is 0 Å². The third-order valence-electron chi connectivity index (χ3n) is 3.61. The zero-order chi connectivity index (χ0) is 13.8. The van der Waals surface area contributed by atoms with Gasteiger partial charge >= 0.3 is 0 Å². The lowest BCUT2D eigenvalue weighted by molar-refractivity contribution is 0.113. The summed E-state index contributed by atoms with van der Waals surface area (Å²) in [6.07, 6.45) is 2.40. The Kier molecular flexibility index (Phi) is 4.59. The van der Waals surface area contributed by atoms with Crippen molar-refractivity contribution in [2.24, 2.45) is 11.8 Å². The molecule has 5 nitrogen and oxygen atoms in total. The van der Waals surface area contributed by atoms with Crippen molar-refractivity contribution in [3.63, 3.8) is 0 Å². The number of hydrogen-bond acceptors (Lipinski definition) is 5. The van der Waals surface area contributed by atoms with E-state index in [2.05, 4.69) is 4.98 Å². The lowest BCUT2D eigenvalue weighted by Gasteiger charge is -2.21. The van der Waals surface area contributed by atoms with E-state index in [4.69, 9.17) is 16.9 Å². The van der Waals surface area contributed by atoms with E-state index in [1.807, 2.05) is 11.0 Å². The van der Waals surface area contributed by atoms with Crippen LogP contribution in [0.2, 0.25) is 5.02 Å². The summed E-state index contributed by atoms with van der Waals surface area (Å²) in [5.41, 5.74) is 0.438. The minimum atomic E-state index is -0.0952. The molecule has 1 aromatic rings. The molecule has 1 atom stereocenters. The summed E-state index contributed by atoms with van der Waals surface area (Å²) in [5, 5.41) is 27.7. The van der Waals surface area contributed by atoms with Gasteiger partial charge in [0.05, 0.1) is 10.6 Å². The number of nitrogens with zero attached hydrogens (tertiary/aromatic N) is 3. The third kappa shape index (κ3) is 2.98. The lowest BCUT2D eigenvalue weighted by atomic mass is 9.93. The van der Waals surface area contributed by atoms with Crippen LogP contribution in [0.1, 0.15) is 12.0 Å². The number of halogens is 1. The molecule has 0 saturated carbocycles. The molecule has 2 N–H and O–H groups in total. The Hall–Kier alpha value is -1.35. The SMILES string of the molecule is N#Cc1cnc(N2CCC(C(CO)CO)C2)c(Cl)c1. The van der Waals surface area contributed by atoms with Gasteiger partial charge < -0.3 is 15.1 Å². The van der Waals surface area contributed by atoms with E-state index in [1.54, 1.807) is 6.07 Å². The van der Waals surface area contributed by atoms with Crippen LogP contribution >= 0.6 is 11.6 Å². The highest BCUT2D eigenvalue weighted by Gasteiger charge is 2.30. The molecule has 0 radical (unpaired) electrons. The Bertz CT molecular complexity index is 485. The standard InChI is InChI=1S/C13H16ClN3O2/c14-12-3-9(4-15)5-16-13(12)17-2-1-10(6-17)11(7-18)8-19/h3,5,10-11,18-19H,1-2,6-8H2. The molecule has 0 bridgehead atoms. The molecule has 1 fully saturated rings. The van der Waals surface area contributed by atoms with Gasteiger partial charge in [0, 0.05) is 38.4 Å². The van der Waals surface area contributed by atoms with Crippen molar-refractivity contribution in [3.05, 3.63) is 22.8 Å². The lowest BCUT2D eigenvalue weighted by Crippen LogP contribution is -2.27. The highest BCUT2D eigenvalue weighted by molar-refractivity contribution is 6.33. The molecule has 19 heavy (non-hydrogen) atoms. The average molecular weight is 282 g/mol. The van der Waals surface area contributed by atoms with Gasteiger partial charge in [-0.2, -0.15) is 5.26 Å². The van der Waals surface area contributed by atoms with Crippen LogP contribution in [0.5, 0.6) is 0 Å². The first-order valence-electron chi connectivity index (χ1n) is 6.22. The molecule has 102 valence electrons. The van der Waals surface area contributed by atoms with Crippen LogP contribution in [0.25, 0.3) is 0 Å². The Balaban J connectivity index is 2.11. The van der Waals surface area contributed by atoms with Gasteiger partial charge in [0.1, 0.15) is 11.9 Å². The maximum absolute atomic E-state index is 9.21. The minimum Gasteiger partial charge on any atom is -0.396 e. The van der Waals surface area contributed by atoms with Crippen molar-refractivity contribution in [1.82, 2.24) is 4.98 Å². The number of anilines is 1. The number of aliphatic hydroxyl groups is 2. The molecule has 1 aromatic heterocycles. The molecule has 0 aliphatic carbocycles. The predicted molar refractivity (Wildman–Crippen MR) is 71.9 cm³/mol. The van der Waals surface area contributed by atoms with Crippen molar-refractivity contribution in [2.75, 3.05) is 31.2 Å². The monoisotopic (exact) mass is 281 g/mol. The van der Waals surface area contributed by atoms with E-state index in [1.165, 1.54) is 6.20 Å². The van der Waals surface area contributed by atoms with Crippen LogP contribution in [-0.4, -0.2) is 41.5 Å². The summed E-state index contributed by atoms with van der Waals surface area (Å²) >= 11 is 6.13. The highest BCUT2D eigenvalue weighted by Crippen LogP contribution is 2.31. The highest BCUT2D eigenvalue weighted by atomic mass is 35.5. The molecule has 1 saturated heterocycles. The first kappa shape index (κ1) is 14.1. The van der Waals surface area contributed by atoms with E-state index < -0.39 is 0 Å². The Labute approximate surface area is 117 Å². The second-order valence-electron chi connectivity index (χ2n) is 4.76. The Morgan fingerprint density at radius 2 is 2.26 bits per heavy atom. The summed E-state index contributed by atoms with van der Waals surface area (Å²) < 4.78 is 0. The topological polar surface area (TPSA) is 80.4 Å². The van der Waals surface area contributed by atoms with Crippen molar-refractivity contribution < 1.29 is 10.2 Å². The zero-order valence-corrected chi connectivity index (χ0v) is 11.2. The van der Waals surface area contributed by atoms with Crippen molar-refractivity contribution in [3.8, 4) is 6.07 Å². The Morgan fingerprint density at radius 3 is 2.84 bits per heavy atom. The van der Waals surface area contributed by atoms with Crippen molar-refractivity contribution in [2.45, 2.75) is 6.42 Å². The van der Waals surface area contributed by atoms with Gasteiger partial charge in [-0.1, -0.05) is 11.6 Å². The molecule has 2 heterocycles. The fourth-order valence-electron chi connectivity index (χ4n) is 2.44. The van der Waals surface area contributed by atoms with Gasteiger partial charge in [0.2, 0.25) is 0 Å². The van der Waals surface area contributed by atoms with Crippen LogP contribution < -0.4 is 4.90 Å². The van der Waals surface area contributed by atoms with Crippen LogP contribution in [-0.2, 0) is 0 Å². The van der Waals surface area contributed by atoms with Gasteiger partial charge in [-0.3, -0.25) is 0 Å². The second-order valence-corrected chi connectivity index (χ2v) is 5.17. The average Bonchev–Trinajstić information content (AvgIpc) is 2.89. The fourth-order valence-corrected chi connectivity index (χ4v) is 2.73. The third-order valence-corrected chi connectivity index (χ3v) is 3.89. The quantitative estimate of drug-likeness (QED) is 0.862. The summed E-state index contributed by atoms with van der Waals surface area (Å²) in [6, 6.07) is 3.60. The zero-order valence-electron chi connectivity index (χ0n) is 10.5. The van der Waals surface area contributed by atoms with Crippen LogP contribution in [0.4, 0.5) is 5.82 Å². The first-order chi connectivity index (χ1) is 9.19. The molecule has 2 rings (SSSR count). The molecular formula is C13H16ClN3O2. The number of pyridine rings is 1. The van der Waals surface area contributed by atoms with Crippen molar-refractivity contribution in [1.29, 1.82) is 5.26 Å². The predicted octanol–water partition coefficient (Wildman–Crippen LogP) is 1.03. The molecular weight excluding hydrogens is 266 g/mol. The summed E-state index contributed by atoms with van der Waals surface area (Å²) in [4.78, 5) is 6.26. The van der Waals surface area contributed by atoms with Gasteiger partial charge in [-0.25, -0.2) is 4.98 Å². The van der Waals surface area contributed by atoms with Crippen LogP contribution in [0.3, 0.4) is 0 Å².